The van der Waals surface area contributed by atoms with Crippen molar-refractivity contribution in [3.63, 3.8) is 0 Å². The monoisotopic (exact) mass is 539 g/mol. The van der Waals surface area contributed by atoms with Gasteiger partial charge in [0.05, 0.1) is 6.61 Å². The maximum atomic E-state index is 13.9. The predicted molar refractivity (Wildman–Crippen MR) is 153 cm³/mol. The highest BCUT2D eigenvalue weighted by molar-refractivity contribution is 5.92. The summed E-state index contributed by atoms with van der Waals surface area (Å²) in [6.45, 7) is 11.1. The van der Waals surface area contributed by atoms with Gasteiger partial charge >= 0.3 is 6.09 Å². The number of nitrogens with zero attached hydrogens (tertiary/aromatic N) is 1. The van der Waals surface area contributed by atoms with Crippen molar-refractivity contribution in [2.75, 3.05) is 13.2 Å². The molecule has 0 spiro atoms. The molecule has 0 radical (unpaired) electrons. The minimum absolute atomic E-state index is 0.294. The fourth-order valence-electron chi connectivity index (χ4n) is 4.38. The van der Waals surface area contributed by atoms with Crippen LogP contribution in [0.2, 0.25) is 0 Å². The summed E-state index contributed by atoms with van der Waals surface area (Å²) in [6.07, 6.45) is 2.77. The Bertz CT molecular complexity index is 1080. The molecule has 0 aliphatic heterocycles. The van der Waals surface area contributed by atoms with Gasteiger partial charge in [0.2, 0.25) is 11.8 Å². The number of rotatable bonds is 13. The number of unbranched alkanes of at least 4 members (excludes halogenated alkanes) is 3. The van der Waals surface area contributed by atoms with Crippen molar-refractivity contribution in [2.24, 2.45) is 0 Å². The van der Waals surface area contributed by atoms with Gasteiger partial charge < -0.3 is 25.4 Å². The molecule has 8 heteroatoms. The molecule has 0 fully saturated rings. The maximum Gasteiger partial charge on any atom is 0.408 e. The van der Waals surface area contributed by atoms with Gasteiger partial charge in [-0.25, -0.2) is 4.79 Å². The largest absolute Gasteiger partial charge is 0.444 e. The SMILES string of the molecule is CCCCCCN(C(=O)C(CO)NC(=O)OC(C)(C)C)C(C(=O)NCc1ccccc1)c1ccc(C)cc1C. The second kappa shape index (κ2) is 15.3. The summed E-state index contributed by atoms with van der Waals surface area (Å²) in [5.41, 5.74) is 2.78. The standard InChI is InChI=1S/C31H45N3O5/c1-7-8-9-13-18-34(29(37)26(21-35)33-30(38)39-31(4,5)6)27(25-17-16-22(2)19-23(25)3)28(36)32-20-24-14-11-10-12-15-24/h10-12,14-17,19,26-27,35H,7-9,13,18,20-21H2,1-6H3,(H,32,36)(H,33,38). The minimum Gasteiger partial charge on any atom is -0.444 e. The Morgan fingerprint density at radius 3 is 2.28 bits per heavy atom. The van der Waals surface area contributed by atoms with Gasteiger partial charge in [-0.05, 0) is 57.7 Å². The highest BCUT2D eigenvalue weighted by Crippen LogP contribution is 2.27. The predicted octanol–water partition coefficient (Wildman–Crippen LogP) is 4.96. The van der Waals surface area contributed by atoms with Crippen molar-refractivity contribution in [3.05, 3.63) is 70.8 Å². The van der Waals surface area contributed by atoms with Gasteiger partial charge in [-0.3, -0.25) is 9.59 Å². The van der Waals surface area contributed by atoms with Gasteiger partial charge in [0.15, 0.2) is 0 Å². The summed E-state index contributed by atoms with van der Waals surface area (Å²) >= 11 is 0. The summed E-state index contributed by atoms with van der Waals surface area (Å²) < 4.78 is 5.31. The van der Waals surface area contributed by atoms with Crippen LogP contribution in [0.5, 0.6) is 0 Å². The van der Waals surface area contributed by atoms with E-state index < -0.39 is 36.3 Å². The first-order chi connectivity index (χ1) is 18.5. The van der Waals surface area contributed by atoms with Crippen LogP contribution in [0.3, 0.4) is 0 Å². The summed E-state index contributed by atoms with van der Waals surface area (Å²) in [4.78, 5) is 41.7. The van der Waals surface area contributed by atoms with Crippen LogP contribution in [0.4, 0.5) is 4.79 Å². The Hall–Kier alpha value is -3.39. The molecule has 39 heavy (non-hydrogen) atoms. The van der Waals surface area contributed by atoms with Crippen molar-refractivity contribution in [2.45, 2.75) is 91.5 Å². The van der Waals surface area contributed by atoms with Crippen LogP contribution in [0.15, 0.2) is 48.5 Å². The van der Waals surface area contributed by atoms with E-state index in [4.69, 9.17) is 4.74 Å². The molecule has 0 aliphatic rings. The molecule has 0 heterocycles. The van der Waals surface area contributed by atoms with Crippen LogP contribution in [-0.2, 0) is 20.9 Å². The van der Waals surface area contributed by atoms with E-state index in [0.29, 0.717) is 25.1 Å². The van der Waals surface area contributed by atoms with Gasteiger partial charge in [0.1, 0.15) is 17.7 Å². The number of carbonyl (C=O) groups excluding carboxylic acids is 3. The summed E-state index contributed by atoms with van der Waals surface area (Å²) in [5.74, 6) is -0.872. The number of hydrogen-bond acceptors (Lipinski definition) is 5. The van der Waals surface area contributed by atoms with Crippen molar-refractivity contribution in [3.8, 4) is 0 Å². The Morgan fingerprint density at radius 1 is 1.00 bits per heavy atom. The number of hydrogen-bond donors (Lipinski definition) is 3. The van der Waals surface area contributed by atoms with Gasteiger partial charge in [-0.1, -0.05) is 80.3 Å². The number of aliphatic hydroxyl groups is 1. The number of alkyl carbamates (subject to hydrolysis) is 1. The average molecular weight is 540 g/mol. The van der Waals surface area contributed by atoms with Crippen LogP contribution < -0.4 is 10.6 Å². The third-order valence-corrected chi connectivity index (χ3v) is 6.30. The second-order valence-corrected chi connectivity index (χ2v) is 10.9. The lowest BCUT2D eigenvalue weighted by Crippen LogP contribution is -2.54. The zero-order valence-electron chi connectivity index (χ0n) is 24.3. The molecule has 2 aromatic rings. The van der Waals surface area contributed by atoms with E-state index in [1.807, 2.05) is 62.4 Å². The molecule has 3 N–H and O–H groups in total. The van der Waals surface area contributed by atoms with E-state index in [-0.39, 0.29) is 5.91 Å². The van der Waals surface area contributed by atoms with Crippen LogP contribution in [0, 0.1) is 13.8 Å². The average Bonchev–Trinajstić information content (AvgIpc) is 2.87. The molecule has 0 saturated heterocycles. The quantitative estimate of drug-likeness (QED) is 0.312. The topological polar surface area (TPSA) is 108 Å². The normalized spacial score (nSPS) is 12.8. The van der Waals surface area contributed by atoms with Crippen molar-refractivity contribution < 1.29 is 24.2 Å². The number of aliphatic hydroxyl groups excluding tert-OH is 1. The van der Waals surface area contributed by atoms with Crippen molar-refractivity contribution >= 4 is 17.9 Å². The molecule has 2 unspecified atom stereocenters. The number of carbonyl (C=O) groups is 3. The first kappa shape index (κ1) is 31.8. The smallest absolute Gasteiger partial charge is 0.408 e. The summed E-state index contributed by atoms with van der Waals surface area (Å²) in [6, 6.07) is 13.1. The minimum atomic E-state index is -1.26. The van der Waals surface area contributed by atoms with Gasteiger partial charge in [0.25, 0.3) is 0 Å². The van der Waals surface area contributed by atoms with E-state index in [2.05, 4.69) is 17.6 Å². The van der Waals surface area contributed by atoms with E-state index >= 15 is 0 Å². The number of benzene rings is 2. The molecule has 0 saturated carbocycles. The molecule has 2 aromatic carbocycles. The van der Waals surface area contributed by atoms with E-state index in [0.717, 1.165) is 36.0 Å². The molecular weight excluding hydrogens is 494 g/mol. The first-order valence-electron chi connectivity index (χ1n) is 13.8. The van der Waals surface area contributed by atoms with Crippen LogP contribution in [-0.4, -0.2) is 52.7 Å². The Morgan fingerprint density at radius 2 is 1.69 bits per heavy atom. The molecule has 0 aliphatic carbocycles. The van der Waals surface area contributed by atoms with Gasteiger partial charge in [-0.2, -0.15) is 0 Å². The number of amides is 3. The summed E-state index contributed by atoms with van der Waals surface area (Å²) in [5, 5.41) is 15.6. The summed E-state index contributed by atoms with van der Waals surface area (Å²) in [7, 11) is 0. The third-order valence-electron chi connectivity index (χ3n) is 6.30. The zero-order valence-corrected chi connectivity index (χ0v) is 24.3. The highest BCUT2D eigenvalue weighted by Gasteiger charge is 2.36. The lowest BCUT2D eigenvalue weighted by molar-refractivity contribution is -0.143. The molecule has 0 bridgehead atoms. The van der Waals surface area contributed by atoms with Gasteiger partial charge in [-0.15, -0.1) is 0 Å². The van der Waals surface area contributed by atoms with E-state index in [1.54, 1.807) is 20.8 Å². The lowest BCUT2D eigenvalue weighted by Gasteiger charge is -2.35. The third kappa shape index (κ3) is 10.4. The van der Waals surface area contributed by atoms with Crippen LogP contribution in [0.25, 0.3) is 0 Å². The molecular formula is C31H45N3O5. The number of nitrogens with one attached hydrogen (secondary N) is 2. The van der Waals surface area contributed by atoms with E-state index in [9.17, 15) is 19.5 Å². The zero-order chi connectivity index (χ0) is 29.0. The first-order valence-corrected chi connectivity index (χ1v) is 13.8. The second-order valence-electron chi connectivity index (χ2n) is 10.9. The van der Waals surface area contributed by atoms with Crippen LogP contribution in [0.1, 0.15) is 81.7 Å². The number of ether oxygens (including phenoxy) is 1. The van der Waals surface area contributed by atoms with Crippen LogP contribution >= 0.6 is 0 Å². The lowest BCUT2D eigenvalue weighted by atomic mass is 9.96. The Kier molecular flexibility index (Phi) is 12.5. The molecule has 3 amide bonds. The van der Waals surface area contributed by atoms with E-state index in [1.165, 1.54) is 4.90 Å². The van der Waals surface area contributed by atoms with Gasteiger partial charge in [0, 0.05) is 13.1 Å². The van der Waals surface area contributed by atoms with Crippen molar-refractivity contribution in [1.29, 1.82) is 0 Å². The molecule has 2 atom stereocenters. The van der Waals surface area contributed by atoms with Crippen molar-refractivity contribution in [1.82, 2.24) is 15.5 Å². The Labute approximate surface area is 233 Å². The molecule has 214 valence electrons. The molecule has 0 aromatic heterocycles. The highest BCUT2D eigenvalue weighted by atomic mass is 16.6. The fourth-order valence-corrected chi connectivity index (χ4v) is 4.38. The maximum absolute atomic E-state index is 13.9. The number of aryl methyl sites for hydroxylation is 2. The molecule has 2 rings (SSSR count). The fraction of sp³-hybridized carbons (Fsp3) is 0.516. The Balaban J connectivity index is 2.45. The molecule has 8 nitrogen and oxygen atoms in total.